The highest BCUT2D eigenvalue weighted by molar-refractivity contribution is 5.86. The SMILES string of the molecule is Cn1cc(CN2C[C@@H]3OCCN(Cc4ccccc4)[C@@H]3C2)c(C(=O)O)n1. The van der Waals surface area contributed by atoms with Crippen molar-refractivity contribution in [3.8, 4) is 0 Å². The van der Waals surface area contributed by atoms with Crippen LogP contribution in [0.15, 0.2) is 36.5 Å². The van der Waals surface area contributed by atoms with E-state index in [0.717, 1.165) is 38.3 Å². The lowest BCUT2D eigenvalue weighted by molar-refractivity contribution is -0.0504. The van der Waals surface area contributed by atoms with E-state index in [4.69, 9.17) is 4.74 Å². The van der Waals surface area contributed by atoms with E-state index in [9.17, 15) is 9.90 Å². The molecule has 0 unspecified atom stereocenters. The van der Waals surface area contributed by atoms with Gasteiger partial charge in [-0.25, -0.2) is 4.79 Å². The van der Waals surface area contributed by atoms with Gasteiger partial charge in [0, 0.05) is 51.5 Å². The van der Waals surface area contributed by atoms with Crippen molar-refractivity contribution in [3.63, 3.8) is 0 Å². The number of aromatic nitrogens is 2. The van der Waals surface area contributed by atoms with Gasteiger partial charge < -0.3 is 9.84 Å². The summed E-state index contributed by atoms with van der Waals surface area (Å²) in [7, 11) is 1.75. The summed E-state index contributed by atoms with van der Waals surface area (Å²) >= 11 is 0. The summed E-state index contributed by atoms with van der Waals surface area (Å²) in [5.74, 6) is -0.973. The molecule has 0 aliphatic carbocycles. The Morgan fingerprint density at radius 2 is 2.08 bits per heavy atom. The first-order chi connectivity index (χ1) is 12.6. The average molecular weight is 356 g/mol. The Labute approximate surface area is 152 Å². The van der Waals surface area contributed by atoms with Crippen molar-refractivity contribution < 1.29 is 14.6 Å². The third-order valence-corrected chi connectivity index (χ3v) is 5.22. The van der Waals surface area contributed by atoms with E-state index in [2.05, 4.69) is 39.2 Å². The molecule has 2 aromatic rings. The lowest BCUT2D eigenvalue weighted by Crippen LogP contribution is -2.50. The Bertz CT molecular complexity index is 776. The van der Waals surface area contributed by atoms with E-state index < -0.39 is 5.97 Å². The molecule has 4 rings (SSSR count). The van der Waals surface area contributed by atoms with Crippen LogP contribution < -0.4 is 0 Å². The first-order valence-electron chi connectivity index (χ1n) is 8.98. The van der Waals surface area contributed by atoms with Gasteiger partial charge in [-0.05, 0) is 5.56 Å². The molecule has 1 aromatic carbocycles. The number of carboxylic acid groups (broad SMARTS) is 1. The van der Waals surface area contributed by atoms with Gasteiger partial charge in [0.15, 0.2) is 5.69 Å². The smallest absolute Gasteiger partial charge is 0.356 e. The Hall–Kier alpha value is -2.22. The Balaban J connectivity index is 1.45. The molecule has 0 saturated carbocycles. The van der Waals surface area contributed by atoms with Gasteiger partial charge in [0.05, 0.1) is 18.8 Å². The van der Waals surface area contributed by atoms with Crippen LogP contribution in [0.1, 0.15) is 21.6 Å². The van der Waals surface area contributed by atoms with Gasteiger partial charge in [-0.2, -0.15) is 5.10 Å². The fourth-order valence-corrected chi connectivity index (χ4v) is 4.05. The average Bonchev–Trinajstić information content (AvgIpc) is 3.19. The highest BCUT2D eigenvalue weighted by Crippen LogP contribution is 2.26. The summed E-state index contributed by atoms with van der Waals surface area (Å²) < 4.78 is 7.57. The van der Waals surface area contributed by atoms with Crippen molar-refractivity contribution in [2.75, 3.05) is 26.2 Å². The number of aromatic carboxylic acids is 1. The summed E-state index contributed by atoms with van der Waals surface area (Å²) in [5.41, 5.74) is 2.21. The number of likely N-dealkylation sites (tertiary alicyclic amines) is 1. The minimum absolute atomic E-state index is 0.143. The van der Waals surface area contributed by atoms with Gasteiger partial charge in [-0.15, -0.1) is 0 Å². The number of nitrogens with zero attached hydrogens (tertiary/aromatic N) is 4. The minimum Gasteiger partial charge on any atom is -0.476 e. The normalized spacial score (nSPS) is 23.9. The summed E-state index contributed by atoms with van der Waals surface area (Å²) in [6, 6.07) is 10.8. The van der Waals surface area contributed by atoms with Crippen molar-refractivity contribution in [1.29, 1.82) is 0 Å². The molecule has 2 aliphatic heterocycles. The topological polar surface area (TPSA) is 70.8 Å². The van der Waals surface area contributed by atoms with Gasteiger partial charge in [-0.3, -0.25) is 14.5 Å². The quantitative estimate of drug-likeness (QED) is 0.868. The van der Waals surface area contributed by atoms with Crippen LogP contribution in [0.5, 0.6) is 0 Å². The molecule has 1 N–H and O–H groups in total. The second-order valence-corrected chi connectivity index (χ2v) is 7.11. The first-order valence-corrected chi connectivity index (χ1v) is 8.98. The van der Waals surface area contributed by atoms with Gasteiger partial charge in [0.25, 0.3) is 0 Å². The van der Waals surface area contributed by atoms with Gasteiger partial charge in [-0.1, -0.05) is 30.3 Å². The maximum absolute atomic E-state index is 11.4. The van der Waals surface area contributed by atoms with E-state index in [-0.39, 0.29) is 11.8 Å². The van der Waals surface area contributed by atoms with E-state index >= 15 is 0 Å². The van der Waals surface area contributed by atoms with Crippen LogP contribution in [-0.4, -0.2) is 69.0 Å². The van der Waals surface area contributed by atoms with Crippen molar-refractivity contribution in [2.45, 2.75) is 25.2 Å². The molecule has 0 bridgehead atoms. The fraction of sp³-hybridized carbons (Fsp3) is 0.474. The molecule has 0 amide bonds. The van der Waals surface area contributed by atoms with Crippen LogP contribution in [0, 0.1) is 0 Å². The number of hydrogen-bond acceptors (Lipinski definition) is 5. The maximum atomic E-state index is 11.4. The van der Waals surface area contributed by atoms with Crippen LogP contribution in [0.2, 0.25) is 0 Å². The van der Waals surface area contributed by atoms with Crippen LogP contribution in [0.4, 0.5) is 0 Å². The molecule has 0 radical (unpaired) electrons. The number of rotatable bonds is 5. The molecule has 0 spiro atoms. The third-order valence-electron chi connectivity index (χ3n) is 5.22. The van der Waals surface area contributed by atoms with Crippen LogP contribution in [-0.2, 0) is 24.9 Å². The molecule has 2 atom stereocenters. The predicted molar refractivity (Wildman–Crippen MR) is 95.8 cm³/mol. The number of benzene rings is 1. The van der Waals surface area contributed by atoms with Gasteiger partial charge in [0.2, 0.25) is 0 Å². The summed E-state index contributed by atoms with van der Waals surface area (Å²) in [5, 5.41) is 13.4. The van der Waals surface area contributed by atoms with Crippen molar-refractivity contribution in [2.24, 2.45) is 7.05 Å². The van der Waals surface area contributed by atoms with Crippen molar-refractivity contribution in [3.05, 3.63) is 53.3 Å². The molecule has 138 valence electrons. The Kier molecular flexibility index (Phi) is 4.76. The number of hydrogen-bond donors (Lipinski definition) is 1. The highest BCUT2D eigenvalue weighted by Gasteiger charge is 2.40. The molecule has 1 aromatic heterocycles. The van der Waals surface area contributed by atoms with E-state index in [1.165, 1.54) is 5.56 Å². The number of morpholine rings is 1. The van der Waals surface area contributed by atoms with Gasteiger partial charge in [0.1, 0.15) is 0 Å². The lowest BCUT2D eigenvalue weighted by atomic mass is 10.1. The maximum Gasteiger partial charge on any atom is 0.356 e. The van der Waals surface area contributed by atoms with Crippen molar-refractivity contribution >= 4 is 5.97 Å². The lowest BCUT2D eigenvalue weighted by Gasteiger charge is -2.37. The van der Waals surface area contributed by atoms with Crippen LogP contribution in [0.3, 0.4) is 0 Å². The molecule has 26 heavy (non-hydrogen) atoms. The molecule has 2 saturated heterocycles. The monoisotopic (exact) mass is 356 g/mol. The fourth-order valence-electron chi connectivity index (χ4n) is 4.05. The Morgan fingerprint density at radius 1 is 1.27 bits per heavy atom. The van der Waals surface area contributed by atoms with Crippen LogP contribution >= 0.6 is 0 Å². The number of carboxylic acids is 1. The number of ether oxygens (including phenoxy) is 1. The first kappa shape index (κ1) is 17.2. The van der Waals surface area contributed by atoms with Gasteiger partial charge >= 0.3 is 5.97 Å². The molecule has 2 fully saturated rings. The second-order valence-electron chi connectivity index (χ2n) is 7.11. The molecule has 2 aliphatic rings. The zero-order chi connectivity index (χ0) is 18.1. The zero-order valence-corrected chi connectivity index (χ0v) is 14.9. The van der Waals surface area contributed by atoms with Crippen molar-refractivity contribution in [1.82, 2.24) is 19.6 Å². The highest BCUT2D eigenvalue weighted by atomic mass is 16.5. The van der Waals surface area contributed by atoms with Crippen LogP contribution in [0.25, 0.3) is 0 Å². The Morgan fingerprint density at radius 3 is 2.85 bits per heavy atom. The molecular weight excluding hydrogens is 332 g/mol. The second kappa shape index (κ2) is 7.19. The minimum atomic E-state index is -0.973. The van der Waals surface area contributed by atoms with E-state index in [1.807, 2.05) is 6.07 Å². The molecule has 3 heterocycles. The largest absolute Gasteiger partial charge is 0.476 e. The summed E-state index contributed by atoms with van der Waals surface area (Å²) in [4.78, 5) is 16.2. The number of aryl methyl sites for hydroxylation is 1. The summed E-state index contributed by atoms with van der Waals surface area (Å²) in [6.07, 6.45) is 1.98. The molecule has 7 heteroatoms. The summed E-state index contributed by atoms with van der Waals surface area (Å²) in [6.45, 7) is 4.89. The number of carbonyl (C=O) groups is 1. The third kappa shape index (κ3) is 3.51. The zero-order valence-electron chi connectivity index (χ0n) is 14.9. The molecular formula is C19H24N4O3. The van der Waals surface area contributed by atoms with E-state index in [0.29, 0.717) is 12.6 Å². The number of fused-ring (bicyclic) bond motifs is 1. The molecule has 7 nitrogen and oxygen atoms in total. The van der Waals surface area contributed by atoms with E-state index in [1.54, 1.807) is 17.9 Å². The predicted octanol–water partition coefficient (Wildman–Crippen LogP) is 1.20. The standard InChI is InChI=1S/C19H24N4O3/c1-21-10-15(18(20-21)19(24)25)11-22-12-16-17(13-22)26-8-7-23(16)9-14-5-3-2-4-6-14/h2-6,10,16-17H,7-9,11-13H2,1H3,(H,24,25)/t16-,17+/m1/s1.